The van der Waals surface area contributed by atoms with E-state index < -0.39 is 0 Å². The molecule has 0 bridgehead atoms. The fourth-order valence-electron chi connectivity index (χ4n) is 5.15. The van der Waals surface area contributed by atoms with Gasteiger partial charge < -0.3 is 14.2 Å². The minimum Gasteiger partial charge on any atom is -0.379 e. The molecular formula is C17H29NO4. The third-order valence-corrected chi connectivity index (χ3v) is 6.25. The zero-order valence-corrected chi connectivity index (χ0v) is 14.2. The molecule has 7 unspecified atom stereocenters. The number of ketones is 1. The fraction of sp³-hybridized carbons (Fsp3) is 0.941. The van der Waals surface area contributed by atoms with E-state index in [-0.39, 0.29) is 36.2 Å². The van der Waals surface area contributed by atoms with Gasteiger partial charge in [0.25, 0.3) is 0 Å². The molecule has 3 aliphatic rings. The fourth-order valence-corrected chi connectivity index (χ4v) is 5.15. The molecule has 7 atom stereocenters. The standard InChI is InChI=1S/C17H29NO4/c1-18-11-8-6-5-7-10(11)15(19)14-12(18)9-13(20-2)16(21-3)17(14)22-4/h10-14,16-17H,5-9H2,1-4H3. The second kappa shape index (κ2) is 6.56. The molecule has 2 saturated carbocycles. The molecule has 3 rings (SSSR count). The van der Waals surface area contributed by atoms with E-state index in [1.54, 1.807) is 21.3 Å². The Balaban J connectivity index is 1.93. The lowest BCUT2D eigenvalue weighted by Crippen LogP contribution is -2.68. The van der Waals surface area contributed by atoms with Crippen LogP contribution in [0.1, 0.15) is 32.1 Å². The number of hydrogen-bond donors (Lipinski definition) is 0. The van der Waals surface area contributed by atoms with E-state index in [1.807, 2.05) is 0 Å². The molecule has 1 saturated heterocycles. The highest BCUT2D eigenvalue weighted by Gasteiger charge is 2.56. The number of fused-ring (bicyclic) bond motifs is 2. The summed E-state index contributed by atoms with van der Waals surface area (Å²) in [7, 11) is 7.27. The van der Waals surface area contributed by atoms with Crippen LogP contribution in [0.25, 0.3) is 0 Å². The normalized spacial score (nSPS) is 46.2. The van der Waals surface area contributed by atoms with Crippen LogP contribution in [0.5, 0.6) is 0 Å². The summed E-state index contributed by atoms with van der Waals surface area (Å²) >= 11 is 0. The monoisotopic (exact) mass is 311 g/mol. The number of hydrogen-bond acceptors (Lipinski definition) is 5. The smallest absolute Gasteiger partial charge is 0.144 e. The van der Waals surface area contributed by atoms with Crippen molar-refractivity contribution in [3.63, 3.8) is 0 Å². The van der Waals surface area contributed by atoms with Crippen LogP contribution in [0.15, 0.2) is 0 Å². The van der Waals surface area contributed by atoms with Crippen molar-refractivity contribution in [2.45, 2.75) is 62.5 Å². The van der Waals surface area contributed by atoms with Crippen molar-refractivity contribution in [3.05, 3.63) is 0 Å². The summed E-state index contributed by atoms with van der Waals surface area (Å²) in [6.07, 6.45) is 5.00. The van der Waals surface area contributed by atoms with E-state index in [2.05, 4.69) is 11.9 Å². The van der Waals surface area contributed by atoms with Crippen LogP contribution < -0.4 is 0 Å². The van der Waals surface area contributed by atoms with Gasteiger partial charge in [0.2, 0.25) is 0 Å². The van der Waals surface area contributed by atoms with Crippen LogP contribution in [-0.2, 0) is 19.0 Å². The van der Waals surface area contributed by atoms with Crippen molar-refractivity contribution < 1.29 is 19.0 Å². The summed E-state index contributed by atoms with van der Waals surface area (Å²) < 4.78 is 17.0. The molecule has 5 heteroatoms. The van der Waals surface area contributed by atoms with Crippen LogP contribution >= 0.6 is 0 Å². The number of ether oxygens (including phenoxy) is 3. The molecule has 2 aliphatic carbocycles. The van der Waals surface area contributed by atoms with Gasteiger partial charge in [0.15, 0.2) is 0 Å². The number of likely N-dealkylation sites (tertiary alicyclic amines) is 1. The number of carbonyl (C=O) groups is 1. The molecule has 3 fully saturated rings. The van der Waals surface area contributed by atoms with Crippen LogP contribution in [0.2, 0.25) is 0 Å². The highest BCUT2D eigenvalue weighted by Crippen LogP contribution is 2.44. The summed E-state index contributed by atoms with van der Waals surface area (Å²) in [5, 5.41) is 0. The Morgan fingerprint density at radius 3 is 2.27 bits per heavy atom. The largest absolute Gasteiger partial charge is 0.379 e. The first-order valence-electron chi connectivity index (χ1n) is 8.48. The minimum atomic E-state index is -0.216. The van der Waals surface area contributed by atoms with Crippen LogP contribution in [-0.4, -0.2) is 69.5 Å². The summed E-state index contributed by atoms with van der Waals surface area (Å²) in [5.41, 5.74) is 0. The molecule has 0 radical (unpaired) electrons. The van der Waals surface area contributed by atoms with Gasteiger partial charge in [0, 0.05) is 39.3 Å². The van der Waals surface area contributed by atoms with Crippen molar-refractivity contribution in [2.75, 3.05) is 28.4 Å². The predicted molar refractivity (Wildman–Crippen MR) is 82.8 cm³/mol. The van der Waals surface area contributed by atoms with E-state index >= 15 is 0 Å². The van der Waals surface area contributed by atoms with Crippen molar-refractivity contribution in [2.24, 2.45) is 11.8 Å². The first-order valence-corrected chi connectivity index (χ1v) is 8.48. The average molecular weight is 311 g/mol. The number of Topliss-reactive ketones (excluding diaryl/α,β-unsaturated/α-hetero) is 1. The van der Waals surface area contributed by atoms with Crippen LogP contribution in [0.4, 0.5) is 0 Å². The third-order valence-electron chi connectivity index (χ3n) is 6.25. The highest BCUT2D eigenvalue weighted by atomic mass is 16.6. The average Bonchev–Trinajstić information content (AvgIpc) is 2.57. The number of rotatable bonds is 3. The van der Waals surface area contributed by atoms with Gasteiger partial charge >= 0.3 is 0 Å². The summed E-state index contributed by atoms with van der Waals surface area (Å²) in [5.74, 6) is 0.483. The molecule has 0 aromatic heterocycles. The molecule has 5 nitrogen and oxygen atoms in total. The van der Waals surface area contributed by atoms with E-state index in [0.29, 0.717) is 11.8 Å². The summed E-state index contributed by atoms with van der Waals surface area (Å²) in [6.45, 7) is 0. The van der Waals surface area contributed by atoms with E-state index in [1.165, 1.54) is 12.8 Å². The maximum atomic E-state index is 13.2. The number of nitrogens with zero attached hydrogens (tertiary/aromatic N) is 1. The first kappa shape index (κ1) is 16.4. The van der Waals surface area contributed by atoms with Gasteiger partial charge in [-0.1, -0.05) is 12.8 Å². The van der Waals surface area contributed by atoms with E-state index in [4.69, 9.17) is 14.2 Å². The zero-order chi connectivity index (χ0) is 15.9. The van der Waals surface area contributed by atoms with Crippen molar-refractivity contribution in [1.29, 1.82) is 0 Å². The van der Waals surface area contributed by atoms with Gasteiger partial charge in [-0.15, -0.1) is 0 Å². The molecule has 1 aliphatic heterocycles. The second-order valence-electron chi connectivity index (χ2n) is 7.03. The van der Waals surface area contributed by atoms with Gasteiger partial charge in [0.1, 0.15) is 11.9 Å². The van der Waals surface area contributed by atoms with Crippen LogP contribution in [0.3, 0.4) is 0 Å². The predicted octanol–water partition coefficient (Wildman–Crippen LogP) is 1.49. The Hall–Kier alpha value is -0.490. The Bertz CT molecular complexity index is 415. The summed E-state index contributed by atoms with van der Waals surface area (Å²) in [6, 6.07) is 0.602. The van der Waals surface area contributed by atoms with Gasteiger partial charge in [-0.05, 0) is 26.3 Å². The first-order chi connectivity index (χ1) is 10.6. The lowest BCUT2D eigenvalue weighted by atomic mass is 9.65. The van der Waals surface area contributed by atoms with Gasteiger partial charge in [-0.25, -0.2) is 0 Å². The highest BCUT2D eigenvalue weighted by molar-refractivity contribution is 5.86. The Kier molecular flexibility index (Phi) is 4.88. The Morgan fingerprint density at radius 1 is 0.955 bits per heavy atom. The maximum Gasteiger partial charge on any atom is 0.144 e. The lowest BCUT2D eigenvalue weighted by molar-refractivity contribution is -0.192. The number of carbonyl (C=O) groups excluding carboxylic acids is 1. The Morgan fingerprint density at radius 2 is 1.64 bits per heavy atom. The maximum absolute atomic E-state index is 13.2. The molecular weight excluding hydrogens is 282 g/mol. The topological polar surface area (TPSA) is 48.0 Å². The minimum absolute atomic E-state index is 0.0217. The molecule has 0 amide bonds. The molecule has 22 heavy (non-hydrogen) atoms. The van der Waals surface area contributed by atoms with E-state index in [0.717, 1.165) is 19.3 Å². The molecule has 0 aromatic rings. The number of methoxy groups -OCH3 is 3. The molecule has 1 heterocycles. The molecule has 0 aromatic carbocycles. The van der Waals surface area contributed by atoms with Crippen molar-refractivity contribution in [1.82, 2.24) is 4.90 Å². The van der Waals surface area contributed by atoms with Gasteiger partial charge in [-0.3, -0.25) is 9.69 Å². The number of piperidine rings is 1. The second-order valence-corrected chi connectivity index (χ2v) is 7.03. The zero-order valence-electron chi connectivity index (χ0n) is 14.2. The SMILES string of the molecule is COC1CC2C(C(=O)C3CCCCC3N2C)C(OC)C1OC. The lowest BCUT2D eigenvalue weighted by Gasteiger charge is -2.55. The summed E-state index contributed by atoms with van der Waals surface area (Å²) in [4.78, 5) is 15.6. The molecule has 0 spiro atoms. The molecule has 0 N–H and O–H groups in total. The third kappa shape index (κ3) is 2.42. The molecule has 126 valence electrons. The van der Waals surface area contributed by atoms with Crippen molar-refractivity contribution in [3.8, 4) is 0 Å². The Labute approximate surface area is 133 Å². The van der Waals surface area contributed by atoms with Gasteiger partial charge in [0.05, 0.1) is 18.1 Å². The quantitative estimate of drug-likeness (QED) is 0.790. The van der Waals surface area contributed by atoms with Gasteiger partial charge in [-0.2, -0.15) is 0 Å². The van der Waals surface area contributed by atoms with E-state index in [9.17, 15) is 4.79 Å². The van der Waals surface area contributed by atoms with Crippen molar-refractivity contribution >= 4 is 5.78 Å². The van der Waals surface area contributed by atoms with Crippen LogP contribution in [0, 0.1) is 11.8 Å².